The van der Waals surface area contributed by atoms with Gasteiger partial charge in [0.1, 0.15) is 11.7 Å². The van der Waals surface area contributed by atoms with Gasteiger partial charge in [0.2, 0.25) is 11.8 Å². The van der Waals surface area contributed by atoms with Crippen LogP contribution in [0.15, 0.2) is 28.6 Å². The molecule has 1 N–H and O–H groups in total. The van der Waals surface area contributed by atoms with Gasteiger partial charge in [-0.1, -0.05) is 0 Å². The number of hydrogen-bond acceptors (Lipinski definition) is 6. The van der Waals surface area contributed by atoms with E-state index in [1.807, 2.05) is 0 Å². The molecule has 0 spiro atoms. The van der Waals surface area contributed by atoms with Crippen LogP contribution in [0.4, 0.5) is 0 Å². The summed E-state index contributed by atoms with van der Waals surface area (Å²) in [4.78, 5) is 50.6. The van der Waals surface area contributed by atoms with E-state index in [9.17, 15) is 19.2 Å². The van der Waals surface area contributed by atoms with E-state index < -0.39 is 29.7 Å². The lowest BCUT2D eigenvalue weighted by atomic mass is 10.0. The molecule has 3 rings (SSSR count). The maximum absolute atomic E-state index is 12.6. The topological polar surface area (TPSA) is 105 Å². The number of aromatic nitrogens is 2. The van der Waals surface area contributed by atoms with Gasteiger partial charge in [-0.25, -0.2) is 0 Å². The Bertz CT molecular complexity index is 787. The lowest BCUT2D eigenvalue weighted by molar-refractivity contribution is -0.150. The third kappa shape index (κ3) is 3.48. The number of likely N-dealkylation sites (N-methyl/N-ethyl adjacent to an activating group) is 1. The number of nitrogens with zero attached hydrogens (tertiary/aromatic N) is 4. The second-order valence-electron chi connectivity index (χ2n) is 5.85. The highest BCUT2D eigenvalue weighted by Crippen LogP contribution is 2.22. The Labute approximate surface area is 151 Å². The fraction of sp³-hybridized carbons (Fsp3) is 0.400. The standard InChI is InChI=1S/C15H16BrN5O4/c1-19(4-5-20-8-9(16)7-17-20)11-6-13(23)21(15(11)25)10-2-3-12(22)18-14(10)24/h6-8,10H,2-5H2,1H3,(H,18,22,24). The lowest BCUT2D eigenvalue weighted by Gasteiger charge is -2.29. The minimum atomic E-state index is -0.943. The molecule has 0 aromatic carbocycles. The third-order valence-corrected chi connectivity index (χ3v) is 4.54. The molecule has 2 aliphatic heterocycles. The Morgan fingerprint density at radius 3 is 2.76 bits per heavy atom. The summed E-state index contributed by atoms with van der Waals surface area (Å²) < 4.78 is 2.56. The second-order valence-corrected chi connectivity index (χ2v) is 6.77. The molecule has 25 heavy (non-hydrogen) atoms. The Kier molecular flexibility index (Phi) is 4.71. The first-order valence-corrected chi connectivity index (χ1v) is 8.48. The molecule has 0 bridgehead atoms. The van der Waals surface area contributed by atoms with Gasteiger partial charge in [-0.2, -0.15) is 5.10 Å². The summed E-state index contributed by atoms with van der Waals surface area (Å²) in [6.07, 6.45) is 4.94. The number of imide groups is 2. The van der Waals surface area contributed by atoms with Crippen molar-refractivity contribution in [1.29, 1.82) is 0 Å². The molecule has 0 radical (unpaired) electrons. The minimum absolute atomic E-state index is 0.104. The van der Waals surface area contributed by atoms with Gasteiger partial charge >= 0.3 is 0 Å². The second kappa shape index (κ2) is 6.79. The SMILES string of the molecule is CN(CCn1cc(Br)cn1)C1=CC(=O)N(C2CCC(=O)NC2=O)C1=O. The van der Waals surface area contributed by atoms with Crippen molar-refractivity contribution in [3.63, 3.8) is 0 Å². The van der Waals surface area contributed by atoms with Crippen molar-refractivity contribution < 1.29 is 19.2 Å². The van der Waals surface area contributed by atoms with Crippen molar-refractivity contribution in [2.24, 2.45) is 0 Å². The van der Waals surface area contributed by atoms with E-state index in [1.54, 1.807) is 29.0 Å². The van der Waals surface area contributed by atoms with Gasteiger partial charge in [-0.05, 0) is 22.4 Å². The number of hydrogen-bond donors (Lipinski definition) is 1. The Morgan fingerprint density at radius 1 is 1.36 bits per heavy atom. The van der Waals surface area contributed by atoms with Crippen LogP contribution >= 0.6 is 15.9 Å². The van der Waals surface area contributed by atoms with E-state index in [1.165, 1.54) is 6.08 Å². The van der Waals surface area contributed by atoms with Crippen LogP contribution in [0.3, 0.4) is 0 Å². The molecule has 1 unspecified atom stereocenters. The first-order chi connectivity index (χ1) is 11.9. The maximum Gasteiger partial charge on any atom is 0.277 e. The summed E-state index contributed by atoms with van der Waals surface area (Å²) in [7, 11) is 1.70. The fourth-order valence-electron chi connectivity index (χ4n) is 2.80. The average Bonchev–Trinajstić information content (AvgIpc) is 3.09. The summed E-state index contributed by atoms with van der Waals surface area (Å²) in [6.45, 7) is 0.988. The van der Waals surface area contributed by atoms with E-state index in [4.69, 9.17) is 0 Å². The van der Waals surface area contributed by atoms with Gasteiger partial charge in [-0.15, -0.1) is 0 Å². The van der Waals surface area contributed by atoms with E-state index in [-0.39, 0.29) is 18.5 Å². The largest absolute Gasteiger partial charge is 0.368 e. The Hall–Kier alpha value is -2.49. The summed E-state index contributed by atoms with van der Waals surface area (Å²) >= 11 is 3.31. The molecule has 10 heteroatoms. The summed E-state index contributed by atoms with van der Waals surface area (Å²) in [5.41, 5.74) is 0.223. The molecular weight excluding hydrogens is 394 g/mol. The molecule has 3 heterocycles. The molecule has 1 saturated heterocycles. The van der Waals surface area contributed by atoms with Crippen molar-refractivity contribution >= 4 is 39.6 Å². The first kappa shape index (κ1) is 17.3. The normalized spacial score (nSPS) is 20.8. The monoisotopic (exact) mass is 409 g/mol. The Balaban J connectivity index is 1.66. The van der Waals surface area contributed by atoms with Gasteiger partial charge in [0.05, 0.1) is 17.2 Å². The highest BCUT2D eigenvalue weighted by Gasteiger charge is 2.43. The molecule has 0 saturated carbocycles. The number of amides is 4. The van der Waals surface area contributed by atoms with Crippen LogP contribution in [0.2, 0.25) is 0 Å². The fourth-order valence-corrected chi connectivity index (χ4v) is 3.13. The maximum atomic E-state index is 12.6. The summed E-state index contributed by atoms with van der Waals surface area (Å²) in [5, 5.41) is 6.29. The quantitative estimate of drug-likeness (QED) is 0.665. The number of carbonyl (C=O) groups is 4. The number of halogens is 1. The molecular formula is C15H16BrN5O4. The summed E-state index contributed by atoms with van der Waals surface area (Å²) in [6, 6.07) is -0.943. The van der Waals surface area contributed by atoms with Crippen LogP contribution in [0.5, 0.6) is 0 Å². The van der Waals surface area contributed by atoms with E-state index in [0.29, 0.717) is 13.1 Å². The molecule has 1 fully saturated rings. The molecule has 1 aromatic heterocycles. The van der Waals surface area contributed by atoms with Gasteiger partial charge < -0.3 is 4.90 Å². The smallest absolute Gasteiger partial charge is 0.277 e. The van der Waals surface area contributed by atoms with Crippen molar-refractivity contribution in [1.82, 2.24) is 24.9 Å². The summed E-state index contributed by atoms with van der Waals surface area (Å²) in [5.74, 6) is -2.07. The minimum Gasteiger partial charge on any atom is -0.368 e. The van der Waals surface area contributed by atoms with Crippen LogP contribution in [-0.2, 0) is 25.7 Å². The van der Waals surface area contributed by atoms with Crippen molar-refractivity contribution in [3.8, 4) is 0 Å². The van der Waals surface area contributed by atoms with Crippen LogP contribution in [0, 0.1) is 0 Å². The van der Waals surface area contributed by atoms with Crippen molar-refractivity contribution in [2.45, 2.75) is 25.4 Å². The number of rotatable bonds is 5. The lowest BCUT2D eigenvalue weighted by Crippen LogP contribution is -2.54. The van der Waals surface area contributed by atoms with Crippen LogP contribution in [0.1, 0.15) is 12.8 Å². The number of nitrogens with one attached hydrogen (secondary N) is 1. The highest BCUT2D eigenvalue weighted by atomic mass is 79.9. The zero-order valence-electron chi connectivity index (χ0n) is 13.4. The molecule has 2 aliphatic rings. The molecule has 1 atom stereocenters. The van der Waals surface area contributed by atoms with E-state index in [0.717, 1.165) is 9.37 Å². The molecule has 9 nitrogen and oxygen atoms in total. The van der Waals surface area contributed by atoms with Crippen LogP contribution in [-0.4, -0.2) is 62.8 Å². The zero-order valence-corrected chi connectivity index (χ0v) is 15.0. The zero-order chi connectivity index (χ0) is 18.1. The Morgan fingerprint density at radius 2 is 2.12 bits per heavy atom. The van der Waals surface area contributed by atoms with E-state index in [2.05, 4.69) is 26.3 Å². The van der Waals surface area contributed by atoms with Gasteiger partial charge in [0.15, 0.2) is 0 Å². The number of carbonyl (C=O) groups excluding carboxylic acids is 4. The highest BCUT2D eigenvalue weighted by molar-refractivity contribution is 9.10. The first-order valence-electron chi connectivity index (χ1n) is 7.69. The van der Waals surface area contributed by atoms with Gasteiger partial charge in [0, 0.05) is 32.3 Å². The van der Waals surface area contributed by atoms with Crippen molar-refractivity contribution in [3.05, 3.63) is 28.6 Å². The molecule has 132 valence electrons. The molecule has 1 aromatic rings. The molecule has 0 aliphatic carbocycles. The van der Waals surface area contributed by atoms with Gasteiger partial charge in [-0.3, -0.25) is 34.1 Å². The van der Waals surface area contributed by atoms with Crippen molar-refractivity contribution in [2.75, 3.05) is 13.6 Å². The van der Waals surface area contributed by atoms with Gasteiger partial charge in [0.25, 0.3) is 11.8 Å². The number of piperidine rings is 1. The average molecular weight is 410 g/mol. The predicted molar refractivity (Wildman–Crippen MR) is 88.7 cm³/mol. The van der Waals surface area contributed by atoms with E-state index >= 15 is 0 Å². The molecule has 4 amide bonds. The third-order valence-electron chi connectivity index (χ3n) is 4.13. The van der Waals surface area contributed by atoms with Crippen LogP contribution in [0.25, 0.3) is 0 Å². The van der Waals surface area contributed by atoms with Crippen LogP contribution < -0.4 is 5.32 Å². The predicted octanol–water partition coefficient (Wildman–Crippen LogP) is -0.365.